The van der Waals surface area contributed by atoms with Gasteiger partial charge in [0.25, 0.3) is 5.91 Å². The van der Waals surface area contributed by atoms with Crippen LogP contribution < -0.4 is 4.74 Å². The van der Waals surface area contributed by atoms with Crippen LogP contribution in [0, 0.1) is 5.92 Å². The fourth-order valence-corrected chi connectivity index (χ4v) is 4.38. The maximum Gasteiger partial charge on any atom is 0.289 e. The Morgan fingerprint density at radius 2 is 1.96 bits per heavy atom. The third-order valence-electron chi connectivity index (χ3n) is 5.80. The molecule has 2 unspecified atom stereocenters. The molecule has 28 heavy (non-hydrogen) atoms. The summed E-state index contributed by atoms with van der Waals surface area (Å²) in [7, 11) is 1.66. The highest BCUT2D eigenvalue weighted by Gasteiger charge is 2.37. The van der Waals surface area contributed by atoms with Gasteiger partial charge in [0.15, 0.2) is 5.76 Å². The predicted molar refractivity (Wildman–Crippen MR) is 104 cm³/mol. The summed E-state index contributed by atoms with van der Waals surface area (Å²) in [5.74, 6) is 1.02. The number of nitrogens with zero attached hydrogens (tertiary/aromatic N) is 2. The Morgan fingerprint density at radius 1 is 1.11 bits per heavy atom. The molecule has 6 heteroatoms. The van der Waals surface area contributed by atoms with E-state index in [2.05, 4.69) is 6.07 Å². The van der Waals surface area contributed by atoms with Gasteiger partial charge >= 0.3 is 0 Å². The van der Waals surface area contributed by atoms with Gasteiger partial charge in [-0.3, -0.25) is 9.59 Å². The molecule has 0 N–H and O–H groups in total. The van der Waals surface area contributed by atoms with Crippen LogP contribution in [0.2, 0.25) is 0 Å². The molecular formula is C22H26N2O4. The summed E-state index contributed by atoms with van der Waals surface area (Å²) >= 11 is 0. The molecule has 0 spiro atoms. The highest BCUT2D eigenvalue weighted by Crippen LogP contribution is 2.35. The molecule has 0 aliphatic carbocycles. The zero-order valence-electron chi connectivity index (χ0n) is 16.2. The van der Waals surface area contributed by atoms with E-state index in [4.69, 9.17) is 9.15 Å². The molecule has 3 heterocycles. The monoisotopic (exact) mass is 382 g/mol. The molecule has 1 aromatic carbocycles. The van der Waals surface area contributed by atoms with Gasteiger partial charge in [0.05, 0.1) is 25.3 Å². The number of hydrogen-bond donors (Lipinski definition) is 0. The summed E-state index contributed by atoms with van der Waals surface area (Å²) in [6.45, 7) is 1.89. The average Bonchev–Trinajstić information content (AvgIpc) is 3.45. The Balaban J connectivity index is 1.47. The van der Waals surface area contributed by atoms with E-state index in [9.17, 15) is 9.59 Å². The number of carbonyl (C=O) groups excluding carboxylic acids is 2. The number of ether oxygens (including phenoxy) is 1. The van der Waals surface area contributed by atoms with Crippen LogP contribution in [0.25, 0.3) is 0 Å². The maximum atomic E-state index is 13.3. The zero-order chi connectivity index (χ0) is 19.5. The summed E-state index contributed by atoms with van der Waals surface area (Å²) < 4.78 is 10.6. The highest BCUT2D eigenvalue weighted by atomic mass is 16.5. The number of likely N-dealkylation sites (tertiary alicyclic amines) is 2. The largest absolute Gasteiger partial charge is 0.497 e. The van der Waals surface area contributed by atoms with Gasteiger partial charge in [0.1, 0.15) is 5.75 Å². The van der Waals surface area contributed by atoms with Gasteiger partial charge in [0.2, 0.25) is 5.91 Å². The molecule has 2 saturated heterocycles. The van der Waals surface area contributed by atoms with Crippen LogP contribution in [-0.2, 0) is 4.79 Å². The second-order valence-electron chi connectivity index (χ2n) is 7.53. The number of methoxy groups -OCH3 is 1. The summed E-state index contributed by atoms with van der Waals surface area (Å²) in [6.07, 6.45) is 5.11. The molecular weight excluding hydrogens is 356 g/mol. The number of amides is 2. The summed E-state index contributed by atoms with van der Waals surface area (Å²) in [6, 6.07) is 11.4. The molecule has 0 saturated carbocycles. The number of benzene rings is 1. The average molecular weight is 382 g/mol. The Bertz CT molecular complexity index is 833. The lowest BCUT2D eigenvalue weighted by atomic mass is 9.95. The van der Waals surface area contributed by atoms with E-state index in [0.29, 0.717) is 18.8 Å². The first kappa shape index (κ1) is 18.6. The molecule has 1 aromatic heterocycles. The van der Waals surface area contributed by atoms with Gasteiger partial charge in [-0.1, -0.05) is 12.1 Å². The Morgan fingerprint density at radius 3 is 2.75 bits per heavy atom. The standard InChI is InChI=1S/C22H26N2O4/c1-27-18-8-2-6-16(14-18)19-9-4-12-24(19)21(25)17-7-3-11-23(15-17)22(26)20-10-5-13-28-20/h2,5-6,8,10,13-14,17,19H,3-4,7,9,11-12,15H2,1H3. The van der Waals surface area contributed by atoms with E-state index in [1.54, 1.807) is 24.1 Å². The number of hydrogen-bond acceptors (Lipinski definition) is 4. The van der Waals surface area contributed by atoms with E-state index in [1.165, 1.54) is 6.26 Å². The van der Waals surface area contributed by atoms with Crippen LogP contribution in [0.15, 0.2) is 47.1 Å². The van der Waals surface area contributed by atoms with Crippen molar-refractivity contribution in [2.45, 2.75) is 31.7 Å². The normalized spacial score (nSPS) is 22.3. The van der Waals surface area contributed by atoms with E-state index < -0.39 is 0 Å². The molecule has 0 bridgehead atoms. The van der Waals surface area contributed by atoms with E-state index in [1.807, 2.05) is 23.1 Å². The van der Waals surface area contributed by atoms with Crippen molar-refractivity contribution in [2.24, 2.45) is 5.92 Å². The van der Waals surface area contributed by atoms with Gasteiger partial charge in [-0.05, 0) is 55.5 Å². The summed E-state index contributed by atoms with van der Waals surface area (Å²) in [4.78, 5) is 29.7. The maximum absolute atomic E-state index is 13.3. The van der Waals surface area contributed by atoms with Crippen molar-refractivity contribution in [3.8, 4) is 5.75 Å². The molecule has 2 aliphatic rings. The topological polar surface area (TPSA) is 63.0 Å². The van der Waals surface area contributed by atoms with E-state index in [-0.39, 0.29) is 23.8 Å². The molecule has 2 atom stereocenters. The Labute approximate surface area is 165 Å². The second-order valence-corrected chi connectivity index (χ2v) is 7.53. The minimum Gasteiger partial charge on any atom is -0.497 e. The number of carbonyl (C=O) groups is 2. The molecule has 2 aliphatic heterocycles. The fraction of sp³-hybridized carbons (Fsp3) is 0.455. The molecule has 0 radical (unpaired) electrons. The SMILES string of the molecule is COc1cccc(C2CCCN2C(=O)C2CCCN(C(=O)c3ccco3)C2)c1. The van der Waals surface area contributed by atoms with Gasteiger partial charge in [-0.15, -0.1) is 0 Å². The summed E-state index contributed by atoms with van der Waals surface area (Å²) in [5.41, 5.74) is 1.12. The number of furan rings is 1. The van der Waals surface area contributed by atoms with Crippen molar-refractivity contribution in [3.05, 3.63) is 54.0 Å². The van der Waals surface area contributed by atoms with Crippen molar-refractivity contribution in [3.63, 3.8) is 0 Å². The first-order chi connectivity index (χ1) is 13.7. The molecule has 2 amide bonds. The van der Waals surface area contributed by atoms with Crippen molar-refractivity contribution >= 4 is 11.8 Å². The number of piperidine rings is 1. The molecule has 2 fully saturated rings. The first-order valence-electron chi connectivity index (χ1n) is 9.94. The van der Waals surface area contributed by atoms with Crippen molar-refractivity contribution in [1.29, 1.82) is 0 Å². The van der Waals surface area contributed by atoms with Crippen molar-refractivity contribution in [1.82, 2.24) is 9.80 Å². The second kappa shape index (κ2) is 8.09. The van der Waals surface area contributed by atoms with Crippen molar-refractivity contribution in [2.75, 3.05) is 26.7 Å². The lowest BCUT2D eigenvalue weighted by Gasteiger charge is -2.35. The van der Waals surface area contributed by atoms with Crippen LogP contribution in [0.4, 0.5) is 0 Å². The van der Waals surface area contributed by atoms with Gasteiger partial charge in [-0.2, -0.15) is 0 Å². The van der Waals surface area contributed by atoms with Crippen LogP contribution in [-0.4, -0.2) is 48.4 Å². The number of rotatable bonds is 4. The third kappa shape index (κ3) is 3.63. The van der Waals surface area contributed by atoms with Crippen LogP contribution in [0.1, 0.15) is 47.8 Å². The van der Waals surface area contributed by atoms with Gasteiger partial charge in [0, 0.05) is 19.6 Å². The van der Waals surface area contributed by atoms with Crippen LogP contribution >= 0.6 is 0 Å². The lowest BCUT2D eigenvalue weighted by Crippen LogP contribution is -2.46. The smallest absolute Gasteiger partial charge is 0.289 e. The predicted octanol–water partition coefficient (Wildman–Crippen LogP) is 3.50. The van der Waals surface area contributed by atoms with Crippen LogP contribution in [0.3, 0.4) is 0 Å². The molecule has 148 valence electrons. The molecule has 6 nitrogen and oxygen atoms in total. The zero-order valence-corrected chi connectivity index (χ0v) is 16.2. The van der Waals surface area contributed by atoms with Crippen molar-refractivity contribution < 1.29 is 18.7 Å². The van der Waals surface area contributed by atoms with Gasteiger partial charge in [-0.25, -0.2) is 0 Å². The molecule has 2 aromatic rings. The summed E-state index contributed by atoms with van der Waals surface area (Å²) in [5, 5.41) is 0. The van der Waals surface area contributed by atoms with E-state index in [0.717, 1.165) is 43.5 Å². The fourth-order valence-electron chi connectivity index (χ4n) is 4.38. The highest BCUT2D eigenvalue weighted by molar-refractivity contribution is 5.92. The lowest BCUT2D eigenvalue weighted by molar-refractivity contribution is -0.138. The van der Waals surface area contributed by atoms with Crippen LogP contribution in [0.5, 0.6) is 5.75 Å². The molecule has 4 rings (SSSR count). The first-order valence-corrected chi connectivity index (χ1v) is 9.94. The third-order valence-corrected chi connectivity index (χ3v) is 5.80. The van der Waals surface area contributed by atoms with Gasteiger partial charge < -0.3 is 19.0 Å². The Hall–Kier alpha value is -2.76. The minimum absolute atomic E-state index is 0.0822. The quantitative estimate of drug-likeness (QED) is 0.812. The Kier molecular flexibility index (Phi) is 5.37. The minimum atomic E-state index is -0.154. The van der Waals surface area contributed by atoms with E-state index >= 15 is 0 Å².